The first-order valence-corrected chi connectivity index (χ1v) is 6.78. The second-order valence-electron chi connectivity index (χ2n) is 5.37. The molecule has 0 N–H and O–H groups in total. The molecule has 1 aliphatic carbocycles. The van der Waals surface area contributed by atoms with Crippen LogP contribution in [0.15, 0.2) is 0 Å². The van der Waals surface area contributed by atoms with Gasteiger partial charge in [-0.1, -0.05) is 19.3 Å². The number of ether oxygens (including phenoxy) is 3. The molecule has 3 nitrogen and oxygen atoms in total. The maximum Gasteiger partial charge on any atom is 0.112 e. The third-order valence-corrected chi connectivity index (χ3v) is 4.19. The maximum absolute atomic E-state index is 6.01. The number of hydrogen-bond acceptors (Lipinski definition) is 3. The minimum Gasteiger partial charge on any atom is -0.373 e. The van der Waals surface area contributed by atoms with Gasteiger partial charge < -0.3 is 14.2 Å². The van der Waals surface area contributed by atoms with Crippen molar-refractivity contribution in [2.24, 2.45) is 5.92 Å². The average molecular weight is 226 g/mol. The second-order valence-corrected chi connectivity index (χ2v) is 5.37. The van der Waals surface area contributed by atoms with Crippen molar-refractivity contribution in [2.45, 2.75) is 56.8 Å². The van der Waals surface area contributed by atoms with Crippen LogP contribution in [-0.4, -0.2) is 38.1 Å². The molecule has 0 aromatic carbocycles. The Morgan fingerprint density at radius 2 is 1.88 bits per heavy atom. The molecule has 16 heavy (non-hydrogen) atoms. The van der Waals surface area contributed by atoms with Gasteiger partial charge in [0.25, 0.3) is 0 Å². The molecule has 92 valence electrons. The number of hydrogen-bond donors (Lipinski definition) is 0. The van der Waals surface area contributed by atoms with Crippen LogP contribution in [0.2, 0.25) is 0 Å². The zero-order valence-corrected chi connectivity index (χ0v) is 9.90. The highest BCUT2D eigenvalue weighted by Gasteiger charge is 2.42. The third kappa shape index (κ3) is 2.27. The molecule has 1 unspecified atom stereocenters. The van der Waals surface area contributed by atoms with Gasteiger partial charge in [0.1, 0.15) is 12.2 Å². The van der Waals surface area contributed by atoms with Crippen molar-refractivity contribution in [3.8, 4) is 0 Å². The van der Waals surface area contributed by atoms with Crippen LogP contribution < -0.4 is 0 Å². The normalized spacial score (nSPS) is 40.1. The van der Waals surface area contributed by atoms with Crippen LogP contribution in [0, 0.1) is 5.92 Å². The zero-order valence-electron chi connectivity index (χ0n) is 9.90. The van der Waals surface area contributed by atoms with E-state index in [9.17, 15) is 0 Å². The first-order chi connectivity index (χ1) is 7.93. The summed E-state index contributed by atoms with van der Waals surface area (Å²) in [6, 6.07) is 0. The van der Waals surface area contributed by atoms with E-state index in [0.717, 1.165) is 32.2 Å². The summed E-state index contributed by atoms with van der Waals surface area (Å²) in [5, 5.41) is 0. The number of fused-ring (bicyclic) bond motifs is 1. The zero-order chi connectivity index (χ0) is 10.8. The van der Waals surface area contributed by atoms with Crippen molar-refractivity contribution in [3.05, 3.63) is 0 Å². The Morgan fingerprint density at radius 1 is 1.00 bits per heavy atom. The first-order valence-electron chi connectivity index (χ1n) is 6.78. The number of rotatable bonds is 3. The van der Waals surface area contributed by atoms with Crippen molar-refractivity contribution in [1.82, 2.24) is 0 Å². The topological polar surface area (TPSA) is 27.7 Å². The van der Waals surface area contributed by atoms with Gasteiger partial charge in [0, 0.05) is 6.61 Å². The molecule has 3 aliphatic rings. The van der Waals surface area contributed by atoms with Gasteiger partial charge >= 0.3 is 0 Å². The Morgan fingerprint density at radius 3 is 2.75 bits per heavy atom. The van der Waals surface area contributed by atoms with Gasteiger partial charge in [0.05, 0.1) is 19.3 Å². The summed E-state index contributed by atoms with van der Waals surface area (Å²) in [6.07, 6.45) is 8.68. The molecule has 0 aromatic heterocycles. The molecule has 3 heteroatoms. The Bertz CT molecular complexity index is 225. The lowest BCUT2D eigenvalue weighted by atomic mass is 9.90. The summed E-state index contributed by atoms with van der Waals surface area (Å²) < 4.78 is 17.4. The predicted molar refractivity (Wildman–Crippen MR) is 60.4 cm³/mol. The van der Waals surface area contributed by atoms with Crippen LogP contribution in [0.4, 0.5) is 0 Å². The minimum atomic E-state index is 0.203. The summed E-state index contributed by atoms with van der Waals surface area (Å²) in [5.41, 5.74) is 0. The third-order valence-electron chi connectivity index (χ3n) is 4.19. The van der Waals surface area contributed by atoms with Gasteiger partial charge in [-0.05, 0) is 25.2 Å². The Hall–Kier alpha value is -0.120. The van der Waals surface area contributed by atoms with Gasteiger partial charge in [0.2, 0.25) is 0 Å². The Labute approximate surface area is 97.4 Å². The SMILES string of the molecule is C1CCC(COC2CO[C@@H]3CCO[C@H]23)CC1. The Kier molecular flexibility index (Phi) is 3.46. The van der Waals surface area contributed by atoms with Crippen molar-refractivity contribution < 1.29 is 14.2 Å². The maximum atomic E-state index is 6.01. The molecule has 0 amide bonds. The molecule has 0 aromatic rings. The van der Waals surface area contributed by atoms with E-state index in [1.807, 2.05) is 0 Å². The average Bonchev–Trinajstić information content (AvgIpc) is 2.90. The van der Waals surface area contributed by atoms with Gasteiger partial charge in [-0.2, -0.15) is 0 Å². The lowest BCUT2D eigenvalue weighted by Gasteiger charge is -2.24. The smallest absolute Gasteiger partial charge is 0.112 e. The standard InChI is InChI=1S/C13H22O3/c1-2-4-10(5-3-1)8-15-12-9-16-11-6-7-14-13(11)12/h10-13H,1-9H2/t11-,12?,13+/m1/s1. The lowest BCUT2D eigenvalue weighted by Crippen LogP contribution is -2.31. The molecule has 0 spiro atoms. The minimum absolute atomic E-state index is 0.203. The largest absolute Gasteiger partial charge is 0.373 e. The van der Waals surface area contributed by atoms with E-state index in [0.29, 0.717) is 6.10 Å². The fourth-order valence-electron chi connectivity index (χ4n) is 3.19. The molecule has 2 aliphatic heterocycles. The summed E-state index contributed by atoms with van der Waals surface area (Å²) in [5.74, 6) is 0.786. The Balaban J connectivity index is 1.44. The van der Waals surface area contributed by atoms with Crippen molar-refractivity contribution in [1.29, 1.82) is 0 Å². The highest BCUT2D eigenvalue weighted by molar-refractivity contribution is 4.89. The fourth-order valence-corrected chi connectivity index (χ4v) is 3.19. The van der Waals surface area contributed by atoms with E-state index in [4.69, 9.17) is 14.2 Å². The summed E-state index contributed by atoms with van der Waals surface area (Å²) in [7, 11) is 0. The van der Waals surface area contributed by atoms with E-state index in [2.05, 4.69) is 0 Å². The first kappa shape index (κ1) is 11.0. The van der Waals surface area contributed by atoms with Crippen LogP contribution in [-0.2, 0) is 14.2 Å². The van der Waals surface area contributed by atoms with Crippen molar-refractivity contribution in [3.63, 3.8) is 0 Å². The second kappa shape index (κ2) is 5.03. The van der Waals surface area contributed by atoms with Gasteiger partial charge in [-0.25, -0.2) is 0 Å². The summed E-state index contributed by atoms with van der Waals surface area (Å²) in [4.78, 5) is 0. The molecule has 1 saturated carbocycles. The molecular weight excluding hydrogens is 204 g/mol. The predicted octanol–water partition coefficient (Wildman–Crippen LogP) is 2.14. The monoisotopic (exact) mass is 226 g/mol. The van der Waals surface area contributed by atoms with E-state index >= 15 is 0 Å². The van der Waals surface area contributed by atoms with Crippen LogP contribution in [0.25, 0.3) is 0 Å². The molecule has 2 saturated heterocycles. The molecule has 3 fully saturated rings. The van der Waals surface area contributed by atoms with Crippen LogP contribution in [0.5, 0.6) is 0 Å². The summed E-state index contributed by atoms with van der Waals surface area (Å²) >= 11 is 0. The van der Waals surface area contributed by atoms with E-state index in [-0.39, 0.29) is 12.2 Å². The van der Waals surface area contributed by atoms with Crippen LogP contribution in [0.3, 0.4) is 0 Å². The van der Waals surface area contributed by atoms with Crippen LogP contribution >= 0.6 is 0 Å². The molecule has 2 heterocycles. The van der Waals surface area contributed by atoms with Crippen LogP contribution in [0.1, 0.15) is 38.5 Å². The van der Waals surface area contributed by atoms with Gasteiger partial charge in [0.15, 0.2) is 0 Å². The molecule has 3 atom stereocenters. The molecule has 3 rings (SSSR count). The fraction of sp³-hybridized carbons (Fsp3) is 1.00. The highest BCUT2D eigenvalue weighted by atomic mass is 16.6. The summed E-state index contributed by atoms with van der Waals surface area (Å²) in [6.45, 7) is 2.50. The van der Waals surface area contributed by atoms with E-state index in [1.54, 1.807) is 0 Å². The quantitative estimate of drug-likeness (QED) is 0.738. The molecule has 0 radical (unpaired) electrons. The van der Waals surface area contributed by atoms with Crippen molar-refractivity contribution >= 4 is 0 Å². The molecular formula is C13H22O3. The molecule has 0 bridgehead atoms. The highest BCUT2D eigenvalue weighted by Crippen LogP contribution is 2.30. The van der Waals surface area contributed by atoms with E-state index < -0.39 is 0 Å². The van der Waals surface area contributed by atoms with Crippen molar-refractivity contribution in [2.75, 3.05) is 19.8 Å². The van der Waals surface area contributed by atoms with Gasteiger partial charge in [-0.15, -0.1) is 0 Å². The lowest BCUT2D eigenvalue weighted by molar-refractivity contribution is -0.0459. The van der Waals surface area contributed by atoms with E-state index in [1.165, 1.54) is 32.1 Å². The van der Waals surface area contributed by atoms with Gasteiger partial charge in [-0.3, -0.25) is 0 Å².